The number of Topliss-reactive ketones (excluding diaryl/α,β-unsaturated/α-hetero) is 1. The summed E-state index contributed by atoms with van der Waals surface area (Å²) in [4.78, 5) is 13.2. The molecule has 0 saturated carbocycles. The fraction of sp³-hybridized carbons (Fsp3) is 0.348. The topological polar surface area (TPSA) is 37.3 Å². The summed E-state index contributed by atoms with van der Waals surface area (Å²) >= 11 is 0. The van der Waals surface area contributed by atoms with E-state index in [1.807, 2.05) is 60.7 Å². The minimum atomic E-state index is -1.25. The zero-order chi connectivity index (χ0) is 17.9. The second-order valence-corrected chi connectivity index (χ2v) is 6.81. The molecule has 0 amide bonds. The summed E-state index contributed by atoms with van der Waals surface area (Å²) in [5.74, 6) is -0.287. The smallest absolute Gasteiger partial charge is 0.165 e. The molecule has 2 aromatic rings. The fourth-order valence-corrected chi connectivity index (χ4v) is 4.09. The fourth-order valence-electron chi connectivity index (χ4n) is 4.09. The molecule has 130 valence electrons. The van der Waals surface area contributed by atoms with E-state index in [0.717, 1.165) is 35.1 Å². The van der Waals surface area contributed by atoms with Crippen LogP contribution in [0, 0.1) is 5.92 Å². The Morgan fingerprint density at radius 3 is 2.08 bits per heavy atom. The predicted octanol–water partition coefficient (Wildman–Crippen LogP) is 5.13. The van der Waals surface area contributed by atoms with Crippen molar-refractivity contribution in [3.05, 3.63) is 77.4 Å². The van der Waals surface area contributed by atoms with Crippen LogP contribution in [0.4, 0.5) is 0 Å². The summed E-state index contributed by atoms with van der Waals surface area (Å²) < 4.78 is 0. The molecule has 2 nitrogen and oxygen atoms in total. The second kappa shape index (κ2) is 7.37. The average molecular weight is 334 g/mol. The van der Waals surface area contributed by atoms with Crippen LogP contribution in [0.15, 0.2) is 66.2 Å². The van der Waals surface area contributed by atoms with Crippen LogP contribution in [0.5, 0.6) is 0 Å². The first-order chi connectivity index (χ1) is 12.1. The quantitative estimate of drug-likeness (QED) is 0.795. The number of hydrogen-bond acceptors (Lipinski definition) is 2. The lowest BCUT2D eigenvalue weighted by Crippen LogP contribution is -2.35. The van der Waals surface area contributed by atoms with Crippen molar-refractivity contribution in [2.24, 2.45) is 5.92 Å². The standard InChI is InChI=1S/C23H26O2/c1-3-11-19-21(17-13-7-5-8-14-17)23(25,18-15-9-6-10-16-18)20(12-4-2)22(19)24/h5-10,13-16,20,25H,3-4,11-12H2,1-2H3/t20-,23-/m0/s1. The first kappa shape index (κ1) is 17.6. The summed E-state index contributed by atoms with van der Waals surface area (Å²) in [6.07, 6.45) is 3.15. The Kier molecular flexibility index (Phi) is 5.19. The first-order valence-corrected chi connectivity index (χ1v) is 9.25. The van der Waals surface area contributed by atoms with E-state index in [9.17, 15) is 9.90 Å². The third kappa shape index (κ3) is 2.96. The highest BCUT2D eigenvalue weighted by atomic mass is 16.3. The molecule has 0 aliphatic heterocycles. The number of carbonyl (C=O) groups excluding carboxylic acids is 1. The van der Waals surface area contributed by atoms with Crippen LogP contribution in [0.3, 0.4) is 0 Å². The molecule has 0 bridgehead atoms. The van der Waals surface area contributed by atoms with E-state index in [1.54, 1.807) is 0 Å². The van der Waals surface area contributed by atoms with Gasteiger partial charge in [-0.15, -0.1) is 0 Å². The van der Waals surface area contributed by atoms with E-state index in [1.165, 1.54) is 0 Å². The summed E-state index contributed by atoms with van der Waals surface area (Å²) in [5, 5.41) is 12.0. The van der Waals surface area contributed by atoms with Crippen molar-refractivity contribution in [2.45, 2.75) is 45.1 Å². The van der Waals surface area contributed by atoms with E-state index < -0.39 is 11.5 Å². The van der Waals surface area contributed by atoms with Crippen molar-refractivity contribution >= 4 is 11.4 Å². The lowest BCUT2D eigenvalue weighted by molar-refractivity contribution is -0.124. The molecule has 3 rings (SSSR count). The maximum atomic E-state index is 13.2. The molecule has 1 N–H and O–H groups in total. The summed E-state index contributed by atoms with van der Waals surface area (Å²) in [6, 6.07) is 19.6. The predicted molar refractivity (Wildman–Crippen MR) is 102 cm³/mol. The van der Waals surface area contributed by atoms with Crippen LogP contribution in [-0.4, -0.2) is 10.9 Å². The largest absolute Gasteiger partial charge is 0.380 e. The first-order valence-electron chi connectivity index (χ1n) is 9.25. The van der Waals surface area contributed by atoms with Crippen LogP contribution in [0.2, 0.25) is 0 Å². The Balaban J connectivity index is 2.27. The van der Waals surface area contributed by atoms with Crippen molar-refractivity contribution in [3.8, 4) is 0 Å². The number of benzene rings is 2. The summed E-state index contributed by atoms with van der Waals surface area (Å²) in [5.41, 5.74) is 2.12. The molecule has 2 heteroatoms. The van der Waals surface area contributed by atoms with Crippen LogP contribution in [0.1, 0.15) is 50.7 Å². The van der Waals surface area contributed by atoms with Crippen LogP contribution in [0.25, 0.3) is 5.57 Å². The van der Waals surface area contributed by atoms with Gasteiger partial charge in [0.05, 0.1) is 5.92 Å². The van der Waals surface area contributed by atoms with Gasteiger partial charge < -0.3 is 5.11 Å². The molecule has 25 heavy (non-hydrogen) atoms. The van der Waals surface area contributed by atoms with Gasteiger partial charge in [0.1, 0.15) is 5.60 Å². The van der Waals surface area contributed by atoms with Gasteiger partial charge >= 0.3 is 0 Å². The van der Waals surface area contributed by atoms with Gasteiger partial charge in [-0.1, -0.05) is 87.4 Å². The van der Waals surface area contributed by atoms with Gasteiger partial charge in [0.2, 0.25) is 0 Å². The normalized spacial score (nSPS) is 23.3. The highest BCUT2D eigenvalue weighted by molar-refractivity contribution is 6.11. The maximum absolute atomic E-state index is 13.2. The maximum Gasteiger partial charge on any atom is 0.165 e. The van der Waals surface area contributed by atoms with Crippen molar-refractivity contribution in [1.29, 1.82) is 0 Å². The van der Waals surface area contributed by atoms with E-state index >= 15 is 0 Å². The lowest BCUT2D eigenvalue weighted by Gasteiger charge is -2.33. The molecule has 0 radical (unpaired) electrons. The molecule has 0 heterocycles. The Hall–Kier alpha value is -2.19. The van der Waals surface area contributed by atoms with Crippen molar-refractivity contribution in [2.75, 3.05) is 0 Å². The number of aliphatic hydroxyl groups is 1. The Morgan fingerprint density at radius 1 is 0.920 bits per heavy atom. The highest BCUT2D eigenvalue weighted by Crippen LogP contribution is 2.52. The number of rotatable bonds is 6. The van der Waals surface area contributed by atoms with Gasteiger partial charge in [-0.05, 0) is 24.0 Å². The molecule has 1 aliphatic carbocycles. The Bertz CT molecular complexity index is 761. The summed E-state index contributed by atoms with van der Waals surface area (Å²) in [6.45, 7) is 4.15. The van der Waals surface area contributed by atoms with Crippen molar-refractivity contribution < 1.29 is 9.90 Å². The van der Waals surface area contributed by atoms with E-state index in [0.29, 0.717) is 12.8 Å². The molecule has 0 fully saturated rings. The van der Waals surface area contributed by atoms with Crippen LogP contribution >= 0.6 is 0 Å². The number of ketones is 1. The molecule has 0 unspecified atom stereocenters. The Morgan fingerprint density at radius 2 is 1.52 bits per heavy atom. The van der Waals surface area contributed by atoms with Gasteiger partial charge in [-0.25, -0.2) is 0 Å². The molecular formula is C23H26O2. The average Bonchev–Trinajstić information content (AvgIpc) is 2.86. The zero-order valence-corrected chi connectivity index (χ0v) is 15.0. The van der Waals surface area contributed by atoms with Gasteiger partial charge in [0, 0.05) is 11.1 Å². The zero-order valence-electron chi connectivity index (χ0n) is 15.0. The number of allylic oxidation sites excluding steroid dienone is 1. The summed E-state index contributed by atoms with van der Waals surface area (Å²) in [7, 11) is 0. The number of carbonyl (C=O) groups is 1. The second-order valence-electron chi connectivity index (χ2n) is 6.81. The van der Waals surface area contributed by atoms with Gasteiger partial charge in [0.15, 0.2) is 5.78 Å². The molecule has 0 saturated heterocycles. The van der Waals surface area contributed by atoms with E-state index in [2.05, 4.69) is 13.8 Å². The third-order valence-electron chi connectivity index (χ3n) is 5.15. The third-order valence-corrected chi connectivity index (χ3v) is 5.15. The SMILES string of the molecule is CCCC1=C(c2ccccc2)[C@](O)(c2ccccc2)[C@@H](CCC)C1=O. The van der Waals surface area contributed by atoms with Gasteiger partial charge in [-0.2, -0.15) is 0 Å². The van der Waals surface area contributed by atoms with Crippen LogP contribution < -0.4 is 0 Å². The molecule has 1 aliphatic rings. The monoisotopic (exact) mass is 334 g/mol. The Labute approximate surface area is 150 Å². The van der Waals surface area contributed by atoms with Crippen molar-refractivity contribution in [1.82, 2.24) is 0 Å². The molecule has 2 aromatic carbocycles. The van der Waals surface area contributed by atoms with E-state index in [4.69, 9.17) is 0 Å². The van der Waals surface area contributed by atoms with Crippen molar-refractivity contribution in [3.63, 3.8) is 0 Å². The van der Waals surface area contributed by atoms with E-state index in [-0.39, 0.29) is 5.78 Å². The highest BCUT2D eigenvalue weighted by Gasteiger charge is 2.52. The molecule has 0 aromatic heterocycles. The van der Waals surface area contributed by atoms with Gasteiger partial charge in [-0.3, -0.25) is 4.79 Å². The molecule has 0 spiro atoms. The minimum Gasteiger partial charge on any atom is -0.380 e. The lowest BCUT2D eigenvalue weighted by atomic mass is 9.75. The van der Waals surface area contributed by atoms with Gasteiger partial charge in [0.25, 0.3) is 0 Å². The minimum absolute atomic E-state index is 0.119. The molecular weight excluding hydrogens is 308 g/mol. The number of hydrogen-bond donors (Lipinski definition) is 1. The molecule has 2 atom stereocenters. The van der Waals surface area contributed by atoms with Crippen LogP contribution in [-0.2, 0) is 10.4 Å².